The van der Waals surface area contributed by atoms with Gasteiger partial charge in [0.25, 0.3) is 0 Å². The summed E-state index contributed by atoms with van der Waals surface area (Å²) in [4.78, 5) is 4.85. The predicted molar refractivity (Wildman–Crippen MR) is 91.6 cm³/mol. The fourth-order valence-electron chi connectivity index (χ4n) is 2.95. The molecule has 0 aromatic heterocycles. The van der Waals surface area contributed by atoms with E-state index >= 15 is 0 Å². The van der Waals surface area contributed by atoms with Crippen LogP contribution in [0.3, 0.4) is 0 Å². The van der Waals surface area contributed by atoms with Crippen molar-refractivity contribution in [3.05, 3.63) is 59.7 Å². The summed E-state index contributed by atoms with van der Waals surface area (Å²) in [6.45, 7) is 5.01. The Morgan fingerprint density at radius 3 is 2.43 bits per heavy atom. The molecule has 3 rings (SSSR count). The van der Waals surface area contributed by atoms with Crippen LogP contribution in [0.25, 0.3) is 0 Å². The van der Waals surface area contributed by atoms with Gasteiger partial charge in [-0.15, -0.1) is 0 Å². The molecule has 0 bridgehead atoms. The van der Waals surface area contributed by atoms with Crippen LogP contribution in [-0.2, 0) is 6.54 Å². The SMILES string of the molecule is COc1ccc(N2CCN(Cc3cccc(C#N)c3)CC2)cc1. The van der Waals surface area contributed by atoms with Gasteiger partial charge in [0, 0.05) is 38.4 Å². The zero-order valence-corrected chi connectivity index (χ0v) is 13.4. The van der Waals surface area contributed by atoms with Gasteiger partial charge in [-0.05, 0) is 42.0 Å². The number of nitriles is 1. The second-order valence-electron chi connectivity index (χ2n) is 5.77. The van der Waals surface area contributed by atoms with Gasteiger partial charge in [-0.2, -0.15) is 5.26 Å². The second kappa shape index (κ2) is 7.17. The van der Waals surface area contributed by atoms with Gasteiger partial charge in [-0.25, -0.2) is 0 Å². The molecule has 2 aromatic rings. The fraction of sp³-hybridized carbons (Fsp3) is 0.316. The molecule has 0 N–H and O–H groups in total. The fourth-order valence-corrected chi connectivity index (χ4v) is 2.95. The van der Waals surface area contributed by atoms with Crippen LogP contribution in [0.5, 0.6) is 5.75 Å². The molecule has 2 aromatic carbocycles. The van der Waals surface area contributed by atoms with Crippen molar-refractivity contribution in [1.29, 1.82) is 5.26 Å². The Bertz CT molecular complexity index is 683. The lowest BCUT2D eigenvalue weighted by atomic mass is 10.1. The van der Waals surface area contributed by atoms with E-state index in [0.29, 0.717) is 0 Å². The Balaban J connectivity index is 1.56. The second-order valence-corrected chi connectivity index (χ2v) is 5.77. The molecule has 0 saturated carbocycles. The van der Waals surface area contributed by atoms with Crippen LogP contribution in [0.4, 0.5) is 5.69 Å². The summed E-state index contributed by atoms with van der Waals surface area (Å²) >= 11 is 0. The van der Waals surface area contributed by atoms with Crippen LogP contribution in [0.15, 0.2) is 48.5 Å². The van der Waals surface area contributed by atoms with E-state index < -0.39 is 0 Å². The number of piperazine rings is 1. The Hall–Kier alpha value is -2.51. The molecule has 0 radical (unpaired) electrons. The van der Waals surface area contributed by atoms with Crippen LogP contribution in [0.1, 0.15) is 11.1 Å². The molecule has 0 spiro atoms. The number of nitrogens with zero attached hydrogens (tertiary/aromatic N) is 3. The van der Waals surface area contributed by atoms with Crippen molar-refractivity contribution in [2.45, 2.75) is 6.54 Å². The average molecular weight is 307 g/mol. The van der Waals surface area contributed by atoms with Crippen molar-refractivity contribution >= 4 is 5.69 Å². The van der Waals surface area contributed by atoms with Gasteiger partial charge in [-0.3, -0.25) is 4.90 Å². The predicted octanol–water partition coefficient (Wildman–Crippen LogP) is 2.89. The third-order valence-electron chi connectivity index (χ3n) is 4.27. The minimum atomic E-state index is 0.736. The molecular formula is C19H21N3O. The molecule has 1 saturated heterocycles. The van der Waals surface area contributed by atoms with E-state index in [1.165, 1.54) is 11.3 Å². The molecule has 4 heteroatoms. The van der Waals surface area contributed by atoms with Gasteiger partial charge < -0.3 is 9.64 Å². The Morgan fingerprint density at radius 1 is 1.04 bits per heavy atom. The molecule has 0 aliphatic carbocycles. The molecule has 118 valence electrons. The highest BCUT2D eigenvalue weighted by molar-refractivity contribution is 5.49. The first kappa shape index (κ1) is 15.4. The zero-order valence-electron chi connectivity index (χ0n) is 13.4. The zero-order chi connectivity index (χ0) is 16.1. The first-order valence-corrected chi connectivity index (χ1v) is 7.89. The monoisotopic (exact) mass is 307 g/mol. The number of benzene rings is 2. The normalized spacial score (nSPS) is 15.2. The van der Waals surface area contributed by atoms with Crippen molar-refractivity contribution < 1.29 is 4.74 Å². The number of hydrogen-bond donors (Lipinski definition) is 0. The number of hydrogen-bond acceptors (Lipinski definition) is 4. The van der Waals surface area contributed by atoms with Crippen molar-refractivity contribution in [3.8, 4) is 11.8 Å². The highest BCUT2D eigenvalue weighted by Crippen LogP contribution is 2.21. The molecule has 1 heterocycles. The first-order valence-electron chi connectivity index (χ1n) is 7.89. The topological polar surface area (TPSA) is 39.5 Å². The minimum Gasteiger partial charge on any atom is -0.497 e. The molecule has 23 heavy (non-hydrogen) atoms. The van der Waals surface area contributed by atoms with Gasteiger partial charge >= 0.3 is 0 Å². The molecule has 1 aliphatic heterocycles. The van der Waals surface area contributed by atoms with Crippen molar-refractivity contribution in [2.75, 3.05) is 38.2 Å². The van der Waals surface area contributed by atoms with Gasteiger partial charge in [0.05, 0.1) is 18.7 Å². The van der Waals surface area contributed by atoms with Crippen LogP contribution in [-0.4, -0.2) is 38.2 Å². The lowest BCUT2D eigenvalue weighted by Gasteiger charge is -2.36. The summed E-state index contributed by atoms with van der Waals surface area (Å²) in [5, 5.41) is 8.99. The van der Waals surface area contributed by atoms with Crippen LogP contribution < -0.4 is 9.64 Å². The maximum atomic E-state index is 8.99. The van der Waals surface area contributed by atoms with E-state index in [2.05, 4.69) is 34.1 Å². The van der Waals surface area contributed by atoms with E-state index in [4.69, 9.17) is 10.00 Å². The van der Waals surface area contributed by atoms with E-state index in [1.54, 1.807) is 7.11 Å². The van der Waals surface area contributed by atoms with Crippen LogP contribution >= 0.6 is 0 Å². The maximum absolute atomic E-state index is 8.99. The lowest BCUT2D eigenvalue weighted by Crippen LogP contribution is -2.45. The summed E-state index contributed by atoms with van der Waals surface area (Å²) in [6.07, 6.45) is 0. The number of ether oxygens (including phenoxy) is 1. The van der Waals surface area contributed by atoms with Crippen molar-refractivity contribution in [1.82, 2.24) is 4.90 Å². The minimum absolute atomic E-state index is 0.736. The molecule has 0 atom stereocenters. The average Bonchev–Trinajstić information content (AvgIpc) is 2.63. The lowest BCUT2D eigenvalue weighted by molar-refractivity contribution is 0.250. The summed E-state index contributed by atoms with van der Waals surface area (Å²) in [5.74, 6) is 0.893. The van der Waals surface area contributed by atoms with Gasteiger partial charge in [0.1, 0.15) is 5.75 Å². The Morgan fingerprint density at radius 2 is 1.78 bits per heavy atom. The summed E-state index contributed by atoms with van der Waals surface area (Å²) < 4.78 is 5.21. The third-order valence-corrected chi connectivity index (χ3v) is 4.27. The van der Waals surface area contributed by atoms with Gasteiger partial charge in [0.15, 0.2) is 0 Å². The summed E-state index contributed by atoms with van der Waals surface area (Å²) in [7, 11) is 1.69. The number of rotatable bonds is 4. The summed E-state index contributed by atoms with van der Waals surface area (Å²) in [6, 6.07) is 18.3. The van der Waals surface area contributed by atoms with E-state index in [-0.39, 0.29) is 0 Å². The Kier molecular flexibility index (Phi) is 4.80. The maximum Gasteiger partial charge on any atom is 0.119 e. The largest absolute Gasteiger partial charge is 0.497 e. The molecule has 1 fully saturated rings. The highest BCUT2D eigenvalue weighted by atomic mass is 16.5. The molecular weight excluding hydrogens is 286 g/mol. The van der Waals surface area contributed by atoms with E-state index in [0.717, 1.165) is 44.0 Å². The Labute approximate surface area is 137 Å². The number of anilines is 1. The first-order chi connectivity index (χ1) is 11.3. The molecule has 1 aliphatic rings. The van der Waals surface area contributed by atoms with Crippen molar-refractivity contribution in [3.63, 3.8) is 0 Å². The highest BCUT2D eigenvalue weighted by Gasteiger charge is 2.17. The molecule has 4 nitrogen and oxygen atoms in total. The van der Waals surface area contributed by atoms with Gasteiger partial charge in [0.2, 0.25) is 0 Å². The molecule has 0 unspecified atom stereocenters. The third kappa shape index (κ3) is 3.82. The molecule has 0 amide bonds. The standard InChI is InChI=1S/C19H21N3O/c1-23-19-7-5-18(6-8-19)22-11-9-21(10-12-22)15-17-4-2-3-16(13-17)14-20/h2-8,13H,9-12,15H2,1H3. The van der Waals surface area contributed by atoms with Gasteiger partial charge in [-0.1, -0.05) is 12.1 Å². The van der Waals surface area contributed by atoms with Crippen LogP contribution in [0.2, 0.25) is 0 Å². The van der Waals surface area contributed by atoms with Crippen LogP contribution in [0, 0.1) is 11.3 Å². The quantitative estimate of drug-likeness (QED) is 0.871. The smallest absolute Gasteiger partial charge is 0.119 e. The van der Waals surface area contributed by atoms with E-state index in [1.807, 2.05) is 30.3 Å². The van der Waals surface area contributed by atoms with E-state index in [9.17, 15) is 0 Å². The summed E-state index contributed by atoms with van der Waals surface area (Å²) in [5.41, 5.74) is 3.19. The van der Waals surface area contributed by atoms with Crippen molar-refractivity contribution in [2.24, 2.45) is 0 Å². The number of methoxy groups -OCH3 is 1.